The van der Waals surface area contributed by atoms with Gasteiger partial charge in [0.25, 0.3) is 0 Å². The highest BCUT2D eigenvalue weighted by Gasteiger charge is 2.18. The Bertz CT molecular complexity index is 621. The fourth-order valence-corrected chi connectivity index (χ4v) is 2.43. The second kappa shape index (κ2) is 4.68. The molecule has 4 rings (SSSR count). The van der Waals surface area contributed by atoms with Crippen LogP contribution >= 0.6 is 0 Å². The maximum absolute atomic E-state index is 5.38. The molecule has 20 heavy (non-hydrogen) atoms. The summed E-state index contributed by atoms with van der Waals surface area (Å²) in [4.78, 5) is 6.73. The van der Waals surface area contributed by atoms with Gasteiger partial charge in [0.2, 0.25) is 12.7 Å². The summed E-state index contributed by atoms with van der Waals surface area (Å²) in [5.41, 5.74) is 0.947. The number of hydrogen-bond acceptors (Lipinski definition) is 6. The van der Waals surface area contributed by atoms with Gasteiger partial charge in [0.05, 0.1) is 0 Å². The molecule has 2 aliphatic rings. The summed E-state index contributed by atoms with van der Waals surface area (Å²) < 4.78 is 10.7. The van der Waals surface area contributed by atoms with Crippen LogP contribution in [-0.2, 0) is 0 Å². The van der Waals surface area contributed by atoms with Crippen LogP contribution in [0.25, 0.3) is 11.4 Å². The second-order valence-electron chi connectivity index (χ2n) is 4.79. The van der Waals surface area contributed by atoms with Gasteiger partial charge in [-0.3, -0.25) is 5.10 Å². The van der Waals surface area contributed by atoms with Crippen LogP contribution in [0.2, 0.25) is 0 Å². The number of ether oxygens (including phenoxy) is 2. The van der Waals surface area contributed by atoms with Crippen molar-refractivity contribution in [2.75, 3.05) is 37.9 Å². The van der Waals surface area contributed by atoms with Crippen molar-refractivity contribution >= 4 is 5.95 Å². The lowest BCUT2D eigenvalue weighted by molar-refractivity contribution is 0.174. The van der Waals surface area contributed by atoms with Gasteiger partial charge in [-0.15, -0.1) is 5.10 Å². The Labute approximate surface area is 115 Å². The summed E-state index contributed by atoms with van der Waals surface area (Å²) in [6.07, 6.45) is 0. The second-order valence-corrected chi connectivity index (χ2v) is 4.79. The summed E-state index contributed by atoms with van der Waals surface area (Å²) in [6, 6.07) is 5.77. The van der Waals surface area contributed by atoms with Crippen LogP contribution in [0.5, 0.6) is 11.5 Å². The van der Waals surface area contributed by atoms with Crippen molar-refractivity contribution in [3.05, 3.63) is 18.2 Å². The molecule has 2 aromatic rings. The van der Waals surface area contributed by atoms with Crippen molar-refractivity contribution in [3.8, 4) is 22.9 Å². The Morgan fingerprint density at radius 3 is 2.85 bits per heavy atom. The topological polar surface area (TPSA) is 75.3 Å². The molecule has 1 fully saturated rings. The van der Waals surface area contributed by atoms with E-state index >= 15 is 0 Å². The average molecular weight is 273 g/mol. The van der Waals surface area contributed by atoms with Crippen molar-refractivity contribution < 1.29 is 9.47 Å². The van der Waals surface area contributed by atoms with E-state index in [1.807, 2.05) is 18.2 Å². The van der Waals surface area contributed by atoms with Crippen LogP contribution in [0.4, 0.5) is 5.95 Å². The van der Waals surface area contributed by atoms with Gasteiger partial charge >= 0.3 is 0 Å². The van der Waals surface area contributed by atoms with Gasteiger partial charge in [-0.1, -0.05) is 0 Å². The third-order valence-corrected chi connectivity index (χ3v) is 3.52. The SMILES string of the molecule is c1cc2c(cc1-c1nc(N3CCNCC3)n[nH]1)OCO2. The summed E-state index contributed by atoms with van der Waals surface area (Å²) in [5, 5.41) is 10.6. The van der Waals surface area contributed by atoms with E-state index < -0.39 is 0 Å². The van der Waals surface area contributed by atoms with Gasteiger partial charge in [0.1, 0.15) is 0 Å². The number of piperazine rings is 1. The van der Waals surface area contributed by atoms with E-state index in [0.29, 0.717) is 0 Å². The monoisotopic (exact) mass is 273 g/mol. The van der Waals surface area contributed by atoms with Gasteiger partial charge < -0.3 is 19.7 Å². The molecule has 0 unspecified atom stereocenters. The molecule has 7 nitrogen and oxygen atoms in total. The Hall–Kier alpha value is -2.28. The number of H-pyrrole nitrogens is 1. The first-order valence-electron chi connectivity index (χ1n) is 6.68. The van der Waals surface area contributed by atoms with E-state index in [0.717, 1.165) is 55.0 Å². The number of anilines is 1. The molecule has 0 atom stereocenters. The van der Waals surface area contributed by atoms with E-state index in [1.165, 1.54) is 0 Å². The van der Waals surface area contributed by atoms with Gasteiger partial charge in [0.15, 0.2) is 17.3 Å². The standard InChI is InChI=1S/C13H15N5O2/c1-2-10-11(20-8-19-10)7-9(1)12-15-13(17-16-12)18-5-3-14-4-6-18/h1-2,7,14H,3-6,8H2,(H,15,16,17). The molecule has 1 aromatic carbocycles. The van der Waals surface area contributed by atoms with E-state index in [1.54, 1.807) is 0 Å². The third-order valence-electron chi connectivity index (χ3n) is 3.52. The van der Waals surface area contributed by atoms with Crippen molar-refractivity contribution in [1.82, 2.24) is 20.5 Å². The Kier molecular flexibility index (Phi) is 2.70. The maximum atomic E-state index is 5.38. The predicted molar refractivity (Wildman–Crippen MR) is 73.0 cm³/mol. The van der Waals surface area contributed by atoms with E-state index in [-0.39, 0.29) is 6.79 Å². The molecular formula is C13H15N5O2. The number of aromatic nitrogens is 3. The van der Waals surface area contributed by atoms with Gasteiger partial charge in [0, 0.05) is 31.7 Å². The molecule has 0 amide bonds. The molecular weight excluding hydrogens is 258 g/mol. The fraction of sp³-hybridized carbons (Fsp3) is 0.385. The molecule has 7 heteroatoms. The summed E-state index contributed by atoms with van der Waals surface area (Å²) in [7, 11) is 0. The van der Waals surface area contributed by atoms with Crippen LogP contribution < -0.4 is 19.7 Å². The lowest BCUT2D eigenvalue weighted by Crippen LogP contribution is -2.44. The lowest BCUT2D eigenvalue weighted by Gasteiger charge is -2.25. The Balaban J connectivity index is 1.61. The molecule has 0 saturated carbocycles. The molecule has 2 aliphatic heterocycles. The highest BCUT2D eigenvalue weighted by Crippen LogP contribution is 2.35. The Morgan fingerprint density at radius 1 is 1.10 bits per heavy atom. The molecule has 2 N–H and O–H groups in total. The molecule has 1 saturated heterocycles. The van der Waals surface area contributed by atoms with E-state index in [4.69, 9.17) is 9.47 Å². The zero-order valence-corrected chi connectivity index (χ0v) is 10.9. The van der Waals surface area contributed by atoms with E-state index in [2.05, 4.69) is 25.4 Å². The van der Waals surface area contributed by atoms with Gasteiger partial charge in [-0.2, -0.15) is 4.98 Å². The smallest absolute Gasteiger partial charge is 0.245 e. The van der Waals surface area contributed by atoms with E-state index in [9.17, 15) is 0 Å². The number of aromatic amines is 1. The number of nitrogens with one attached hydrogen (secondary N) is 2. The van der Waals surface area contributed by atoms with Gasteiger partial charge in [-0.05, 0) is 18.2 Å². The Morgan fingerprint density at radius 2 is 1.95 bits per heavy atom. The zero-order valence-electron chi connectivity index (χ0n) is 10.9. The predicted octanol–water partition coefficient (Wildman–Crippen LogP) is 0.610. The van der Waals surface area contributed by atoms with Crippen LogP contribution in [0.15, 0.2) is 18.2 Å². The lowest BCUT2D eigenvalue weighted by atomic mass is 10.2. The largest absolute Gasteiger partial charge is 0.454 e. The van der Waals surface area contributed by atoms with Crippen molar-refractivity contribution in [1.29, 1.82) is 0 Å². The first-order chi connectivity index (χ1) is 9.90. The van der Waals surface area contributed by atoms with Crippen LogP contribution in [0, 0.1) is 0 Å². The molecule has 104 valence electrons. The molecule has 1 aromatic heterocycles. The first kappa shape index (κ1) is 11.5. The summed E-state index contributed by atoms with van der Waals surface area (Å²) >= 11 is 0. The summed E-state index contributed by atoms with van der Waals surface area (Å²) in [5.74, 6) is 3.02. The van der Waals surface area contributed by atoms with Crippen molar-refractivity contribution in [2.45, 2.75) is 0 Å². The molecule has 3 heterocycles. The highest BCUT2D eigenvalue weighted by atomic mass is 16.7. The normalized spacial score (nSPS) is 17.5. The minimum absolute atomic E-state index is 0.279. The minimum Gasteiger partial charge on any atom is -0.454 e. The highest BCUT2D eigenvalue weighted by molar-refractivity contribution is 5.62. The minimum atomic E-state index is 0.279. The third kappa shape index (κ3) is 1.96. The molecule has 0 bridgehead atoms. The van der Waals surface area contributed by atoms with Gasteiger partial charge in [-0.25, -0.2) is 0 Å². The first-order valence-corrected chi connectivity index (χ1v) is 6.68. The number of rotatable bonds is 2. The van der Waals surface area contributed by atoms with Crippen LogP contribution in [-0.4, -0.2) is 48.2 Å². The van der Waals surface area contributed by atoms with Crippen LogP contribution in [0.1, 0.15) is 0 Å². The van der Waals surface area contributed by atoms with Crippen molar-refractivity contribution in [3.63, 3.8) is 0 Å². The molecule has 0 spiro atoms. The summed E-state index contributed by atoms with van der Waals surface area (Å²) in [6.45, 7) is 4.07. The number of benzene rings is 1. The van der Waals surface area contributed by atoms with Crippen molar-refractivity contribution in [2.24, 2.45) is 0 Å². The average Bonchev–Trinajstić information content (AvgIpc) is 3.16. The number of nitrogens with zero attached hydrogens (tertiary/aromatic N) is 3. The quantitative estimate of drug-likeness (QED) is 0.835. The van der Waals surface area contributed by atoms with Crippen LogP contribution in [0.3, 0.4) is 0 Å². The maximum Gasteiger partial charge on any atom is 0.245 e. The molecule has 0 aliphatic carbocycles. The fourth-order valence-electron chi connectivity index (χ4n) is 2.43. The number of fused-ring (bicyclic) bond motifs is 1. The molecule has 0 radical (unpaired) electrons. The number of hydrogen-bond donors (Lipinski definition) is 2. The zero-order chi connectivity index (χ0) is 13.4.